The van der Waals surface area contributed by atoms with Gasteiger partial charge in [0, 0.05) is 22.1 Å². The van der Waals surface area contributed by atoms with E-state index < -0.39 is 10.0 Å². The van der Waals surface area contributed by atoms with Crippen LogP contribution in [0.25, 0.3) is 0 Å². The monoisotopic (exact) mass is 299 g/mol. The minimum Gasteiger partial charge on any atom is -0.347 e. The first-order valence-electron chi connectivity index (χ1n) is 6.02. The second-order valence-electron chi connectivity index (χ2n) is 4.33. The van der Waals surface area contributed by atoms with Crippen molar-refractivity contribution < 1.29 is 8.42 Å². The van der Waals surface area contributed by atoms with Crippen molar-refractivity contribution in [3.8, 4) is 0 Å². The van der Waals surface area contributed by atoms with Gasteiger partial charge < -0.3 is 4.98 Å². The van der Waals surface area contributed by atoms with Crippen LogP contribution in [0, 0.1) is 13.8 Å². The molecule has 0 saturated heterocycles. The molecule has 2 heterocycles. The molecule has 7 heteroatoms. The van der Waals surface area contributed by atoms with Gasteiger partial charge in [-0.2, -0.15) is 0 Å². The molecule has 0 aliphatic carbocycles. The zero-order valence-corrected chi connectivity index (χ0v) is 12.7. The summed E-state index contributed by atoms with van der Waals surface area (Å²) in [6.07, 6.45) is 3.94. The van der Waals surface area contributed by atoms with E-state index in [0.717, 1.165) is 9.75 Å². The predicted octanol–water partition coefficient (Wildman–Crippen LogP) is 2.52. The Kier molecular flexibility index (Phi) is 4.07. The van der Waals surface area contributed by atoms with Gasteiger partial charge in [0.1, 0.15) is 5.82 Å². The molecule has 2 rings (SSSR count). The fourth-order valence-corrected chi connectivity index (χ4v) is 4.76. The van der Waals surface area contributed by atoms with Crippen LogP contribution >= 0.6 is 11.3 Å². The summed E-state index contributed by atoms with van der Waals surface area (Å²) in [6, 6.07) is 1.37. The lowest BCUT2D eigenvalue weighted by Gasteiger charge is -2.14. The van der Waals surface area contributed by atoms with E-state index in [1.54, 1.807) is 18.5 Å². The first-order valence-corrected chi connectivity index (χ1v) is 8.32. The van der Waals surface area contributed by atoms with Crippen LogP contribution in [0.3, 0.4) is 0 Å². The fraction of sp³-hybridized carbons (Fsp3) is 0.417. The molecule has 104 valence electrons. The predicted molar refractivity (Wildman–Crippen MR) is 75.7 cm³/mol. The van der Waals surface area contributed by atoms with Crippen LogP contribution in [-0.2, 0) is 10.0 Å². The number of H-pyrrole nitrogens is 1. The normalized spacial score (nSPS) is 13.6. The molecule has 19 heavy (non-hydrogen) atoms. The fourth-order valence-electron chi connectivity index (χ4n) is 1.93. The van der Waals surface area contributed by atoms with Crippen LogP contribution in [0.1, 0.15) is 35.0 Å². The molecular formula is C12H17N3O2S2. The number of imidazole rings is 1. The number of rotatable bonds is 5. The molecule has 2 aromatic heterocycles. The summed E-state index contributed by atoms with van der Waals surface area (Å²) in [6.45, 7) is 5.64. The highest BCUT2D eigenvalue weighted by Crippen LogP contribution is 2.26. The minimum atomic E-state index is -3.51. The molecule has 0 amide bonds. The third-order valence-corrected chi connectivity index (χ3v) is 5.53. The summed E-state index contributed by atoms with van der Waals surface area (Å²) in [4.78, 5) is 9.22. The van der Waals surface area contributed by atoms with E-state index in [1.807, 2.05) is 20.8 Å². The summed E-state index contributed by atoms with van der Waals surface area (Å²) in [5.74, 6) is 0.635. The highest BCUT2D eigenvalue weighted by molar-refractivity contribution is 7.89. The zero-order valence-electron chi connectivity index (χ0n) is 11.1. The Morgan fingerprint density at radius 1 is 1.47 bits per heavy atom. The number of hydrogen-bond acceptors (Lipinski definition) is 4. The highest BCUT2D eigenvalue weighted by Gasteiger charge is 2.24. The van der Waals surface area contributed by atoms with Crippen molar-refractivity contribution in [2.45, 2.75) is 38.1 Å². The first kappa shape index (κ1) is 14.2. The second-order valence-corrected chi connectivity index (χ2v) is 7.48. The van der Waals surface area contributed by atoms with Gasteiger partial charge in [0.05, 0.1) is 10.9 Å². The van der Waals surface area contributed by atoms with Crippen LogP contribution in [0.4, 0.5) is 0 Å². The molecular weight excluding hydrogens is 282 g/mol. The number of aromatic amines is 1. The molecule has 0 aliphatic heterocycles. The van der Waals surface area contributed by atoms with Gasteiger partial charge in [0.15, 0.2) is 0 Å². The van der Waals surface area contributed by atoms with Crippen molar-refractivity contribution in [1.82, 2.24) is 14.7 Å². The third kappa shape index (κ3) is 3.05. The molecule has 0 fully saturated rings. The Morgan fingerprint density at radius 2 is 2.21 bits per heavy atom. The standard InChI is InChI=1S/C12H17N3O2S2/c1-4-10(12-13-5-6-14-12)15-19(16,17)11-7-8(2)18-9(11)3/h5-7,10,15H,4H2,1-3H3,(H,13,14). The Bertz CT molecular complexity index is 645. The number of nitrogens with zero attached hydrogens (tertiary/aromatic N) is 1. The Hall–Kier alpha value is -1.18. The average Bonchev–Trinajstić information content (AvgIpc) is 2.96. The summed E-state index contributed by atoms with van der Waals surface area (Å²) < 4.78 is 27.5. The number of thiophene rings is 1. The van der Waals surface area contributed by atoms with Gasteiger partial charge in [-0.05, 0) is 26.3 Å². The van der Waals surface area contributed by atoms with Crippen LogP contribution < -0.4 is 4.72 Å². The Labute approximate surface area is 117 Å². The van der Waals surface area contributed by atoms with Gasteiger partial charge in [-0.1, -0.05) is 6.92 Å². The van der Waals surface area contributed by atoms with E-state index in [-0.39, 0.29) is 6.04 Å². The molecule has 2 aromatic rings. The van der Waals surface area contributed by atoms with E-state index in [1.165, 1.54) is 11.3 Å². The van der Waals surface area contributed by atoms with Crippen molar-refractivity contribution in [2.24, 2.45) is 0 Å². The van der Waals surface area contributed by atoms with Crippen molar-refractivity contribution in [2.75, 3.05) is 0 Å². The number of nitrogens with one attached hydrogen (secondary N) is 2. The lowest BCUT2D eigenvalue weighted by Crippen LogP contribution is -2.29. The lowest BCUT2D eigenvalue weighted by atomic mass is 10.2. The van der Waals surface area contributed by atoms with E-state index in [9.17, 15) is 8.42 Å². The molecule has 1 unspecified atom stereocenters. The topological polar surface area (TPSA) is 74.8 Å². The average molecular weight is 299 g/mol. The maximum atomic E-state index is 12.4. The number of aryl methyl sites for hydroxylation is 2. The van der Waals surface area contributed by atoms with Crippen molar-refractivity contribution in [3.63, 3.8) is 0 Å². The van der Waals surface area contributed by atoms with Crippen LogP contribution in [0.5, 0.6) is 0 Å². The second kappa shape index (κ2) is 5.44. The van der Waals surface area contributed by atoms with Gasteiger partial charge >= 0.3 is 0 Å². The molecule has 0 saturated carbocycles. The number of aromatic nitrogens is 2. The molecule has 5 nitrogen and oxygen atoms in total. The zero-order chi connectivity index (χ0) is 14.0. The first-order chi connectivity index (χ1) is 8.94. The lowest BCUT2D eigenvalue weighted by molar-refractivity contribution is 0.539. The molecule has 1 atom stereocenters. The van der Waals surface area contributed by atoms with Gasteiger partial charge in [0.25, 0.3) is 0 Å². The van der Waals surface area contributed by atoms with E-state index >= 15 is 0 Å². The van der Waals surface area contributed by atoms with E-state index in [0.29, 0.717) is 17.1 Å². The smallest absolute Gasteiger partial charge is 0.242 e. The van der Waals surface area contributed by atoms with Gasteiger partial charge in [-0.15, -0.1) is 11.3 Å². The van der Waals surface area contributed by atoms with Crippen molar-refractivity contribution in [3.05, 3.63) is 34.0 Å². The largest absolute Gasteiger partial charge is 0.347 e. The molecule has 0 spiro atoms. The molecule has 0 bridgehead atoms. The van der Waals surface area contributed by atoms with E-state index in [2.05, 4.69) is 14.7 Å². The maximum absolute atomic E-state index is 12.4. The van der Waals surface area contributed by atoms with E-state index in [4.69, 9.17) is 0 Å². The summed E-state index contributed by atoms with van der Waals surface area (Å²) >= 11 is 1.49. The Balaban J connectivity index is 2.28. The SMILES string of the molecule is CCC(NS(=O)(=O)c1cc(C)sc1C)c1ncc[nH]1. The molecule has 2 N–H and O–H groups in total. The maximum Gasteiger partial charge on any atom is 0.242 e. The Morgan fingerprint density at radius 3 is 2.68 bits per heavy atom. The highest BCUT2D eigenvalue weighted by atomic mass is 32.2. The quantitative estimate of drug-likeness (QED) is 0.891. The third-order valence-electron chi connectivity index (χ3n) is 2.84. The molecule has 0 aliphatic rings. The van der Waals surface area contributed by atoms with Crippen LogP contribution in [0.15, 0.2) is 23.4 Å². The van der Waals surface area contributed by atoms with Crippen molar-refractivity contribution >= 4 is 21.4 Å². The summed E-state index contributed by atoms with van der Waals surface area (Å²) in [5.41, 5.74) is 0. The number of sulfonamides is 1. The van der Waals surface area contributed by atoms with Crippen LogP contribution in [-0.4, -0.2) is 18.4 Å². The summed E-state index contributed by atoms with van der Waals surface area (Å²) in [7, 11) is -3.51. The van der Waals surface area contributed by atoms with Gasteiger partial charge in [0.2, 0.25) is 10.0 Å². The van der Waals surface area contributed by atoms with Gasteiger partial charge in [-0.3, -0.25) is 0 Å². The van der Waals surface area contributed by atoms with Crippen molar-refractivity contribution in [1.29, 1.82) is 0 Å². The molecule has 0 aromatic carbocycles. The molecule has 0 radical (unpaired) electrons. The number of hydrogen-bond donors (Lipinski definition) is 2. The summed E-state index contributed by atoms with van der Waals surface area (Å²) in [5, 5.41) is 0. The van der Waals surface area contributed by atoms with Crippen LogP contribution in [0.2, 0.25) is 0 Å². The van der Waals surface area contributed by atoms with Gasteiger partial charge in [-0.25, -0.2) is 18.1 Å². The minimum absolute atomic E-state index is 0.334.